The predicted octanol–water partition coefficient (Wildman–Crippen LogP) is 1.46. The number of carbonyl (C=O) groups excluding carboxylic acids is 1. The Morgan fingerprint density at radius 2 is 2.00 bits per heavy atom. The molecule has 0 N–H and O–H groups in total. The summed E-state index contributed by atoms with van der Waals surface area (Å²) in [5.74, 6) is 1.12. The lowest BCUT2D eigenvalue weighted by Crippen LogP contribution is -2.47. The second-order valence-electron chi connectivity index (χ2n) is 6.20. The molecule has 1 unspecified atom stereocenters. The van der Waals surface area contributed by atoms with E-state index in [0.29, 0.717) is 6.61 Å². The van der Waals surface area contributed by atoms with Crippen LogP contribution in [-0.4, -0.2) is 59.7 Å². The molecule has 120 valence electrons. The van der Waals surface area contributed by atoms with Gasteiger partial charge in [0.25, 0.3) is 5.91 Å². The zero-order valence-corrected chi connectivity index (χ0v) is 13.2. The molecule has 2 saturated heterocycles. The van der Waals surface area contributed by atoms with Crippen molar-refractivity contribution in [2.24, 2.45) is 0 Å². The highest BCUT2D eigenvalue weighted by Gasteiger charge is 2.37. The van der Waals surface area contributed by atoms with Crippen molar-refractivity contribution in [2.75, 3.05) is 31.6 Å². The van der Waals surface area contributed by atoms with E-state index in [9.17, 15) is 4.79 Å². The van der Waals surface area contributed by atoms with Gasteiger partial charge in [0.05, 0.1) is 12.1 Å². The van der Waals surface area contributed by atoms with Crippen LogP contribution in [0, 0.1) is 0 Å². The SMILES string of the molecule is CN(C(=O)C1CO1)C1CCN(c2ncnc3ccccc23)CC1. The topological polar surface area (TPSA) is 61.9 Å². The minimum absolute atomic E-state index is 0.121. The van der Waals surface area contributed by atoms with Gasteiger partial charge in [-0.1, -0.05) is 12.1 Å². The van der Waals surface area contributed by atoms with Gasteiger partial charge in [0.1, 0.15) is 12.1 Å². The number of piperidine rings is 1. The van der Waals surface area contributed by atoms with Gasteiger partial charge in [0.15, 0.2) is 6.10 Å². The van der Waals surface area contributed by atoms with E-state index in [1.54, 1.807) is 6.33 Å². The first-order chi connectivity index (χ1) is 11.2. The number of benzene rings is 1. The summed E-state index contributed by atoms with van der Waals surface area (Å²) in [6, 6.07) is 8.37. The largest absolute Gasteiger partial charge is 0.363 e. The van der Waals surface area contributed by atoms with Crippen molar-refractivity contribution < 1.29 is 9.53 Å². The minimum atomic E-state index is -0.191. The maximum Gasteiger partial charge on any atom is 0.254 e. The van der Waals surface area contributed by atoms with Crippen LogP contribution in [0.15, 0.2) is 30.6 Å². The Balaban J connectivity index is 1.47. The third kappa shape index (κ3) is 2.74. The van der Waals surface area contributed by atoms with E-state index in [1.165, 1.54) is 0 Å². The minimum Gasteiger partial charge on any atom is -0.363 e. The van der Waals surface area contributed by atoms with Gasteiger partial charge in [-0.3, -0.25) is 4.79 Å². The van der Waals surface area contributed by atoms with E-state index < -0.39 is 0 Å². The van der Waals surface area contributed by atoms with Crippen molar-refractivity contribution >= 4 is 22.6 Å². The van der Waals surface area contributed by atoms with Crippen LogP contribution < -0.4 is 4.90 Å². The van der Waals surface area contributed by atoms with Gasteiger partial charge in [-0.15, -0.1) is 0 Å². The van der Waals surface area contributed by atoms with Gasteiger partial charge in [-0.2, -0.15) is 0 Å². The third-order valence-corrected chi connectivity index (χ3v) is 4.79. The summed E-state index contributed by atoms with van der Waals surface area (Å²) in [4.78, 5) is 25.1. The summed E-state index contributed by atoms with van der Waals surface area (Å²) in [7, 11) is 1.89. The van der Waals surface area contributed by atoms with Crippen molar-refractivity contribution in [3.8, 4) is 0 Å². The van der Waals surface area contributed by atoms with Crippen LogP contribution in [0.3, 0.4) is 0 Å². The number of fused-ring (bicyclic) bond motifs is 1. The van der Waals surface area contributed by atoms with Gasteiger partial charge in [-0.05, 0) is 25.0 Å². The molecule has 0 spiro atoms. The van der Waals surface area contributed by atoms with Crippen LogP contribution in [0.5, 0.6) is 0 Å². The fourth-order valence-corrected chi connectivity index (χ4v) is 3.31. The number of hydrogen-bond acceptors (Lipinski definition) is 5. The molecule has 23 heavy (non-hydrogen) atoms. The fraction of sp³-hybridized carbons (Fsp3) is 0.471. The summed E-state index contributed by atoms with van der Waals surface area (Å²) in [5.41, 5.74) is 0.970. The van der Waals surface area contributed by atoms with Crippen molar-refractivity contribution in [3.63, 3.8) is 0 Å². The molecular formula is C17H20N4O2. The highest BCUT2D eigenvalue weighted by molar-refractivity contribution is 5.89. The summed E-state index contributed by atoms with van der Waals surface area (Å²) in [6.45, 7) is 2.37. The number of rotatable bonds is 3. The molecule has 1 aromatic carbocycles. The third-order valence-electron chi connectivity index (χ3n) is 4.79. The molecule has 2 aliphatic heterocycles. The number of carbonyl (C=O) groups is 1. The summed E-state index contributed by atoms with van der Waals surface area (Å²) < 4.78 is 5.10. The van der Waals surface area contributed by atoms with Crippen LogP contribution in [-0.2, 0) is 9.53 Å². The molecule has 0 bridgehead atoms. The zero-order chi connectivity index (χ0) is 15.8. The number of anilines is 1. The van der Waals surface area contributed by atoms with E-state index >= 15 is 0 Å². The fourth-order valence-electron chi connectivity index (χ4n) is 3.31. The molecule has 4 rings (SSSR count). The van der Waals surface area contributed by atoms with E-state index in [4.69, 9.17) is 4.74 Å². The van der Waals surface area contributed by atoms with Gasteiger partial charge >= 0.3 is 0 Å². The van der Waals surface area contributed by atoms with E-state index in [1.807, 2.05) is 30.1 Å². The zero-order valence-electron chi connectivity index (χ0n) is 13.2. The number of amides is 1. The standard InChI is InChI=1S/C17H20N4O2/c1-20(17(22)15-10-23-15)12-6-8-21(9-7-12)16-13-4-2-3-5-14(13)18-11-19-16/h2-5,11-12,15H,6-10H2,1H3. The molecule has 2 aromatic rings. The molecule has 3 heterocycles. The molecule has 1 aromatic heterocycles. The molecule has 1 atom stereocenters. The molecule has 1 amide bonds. The Bertz CT molecular complexity index is 718. The Hall–Kier alpha value is -2.21. The quantitative estimate of drug-likeness (QED) is 0.803. The normalized spacial score (nSPS) is 21.4. The van der Waals surface area contributed by atoms with Crippen LogP contribution in [0.4, 0.5) is 5.82 Å². The number of aromatic nitrogens is 2. The number of epoxide rings is 1. The van der Waals surface area contributed by atoms with Gasteiger partial charge in [0, 0.05) is 31.6 Å². The molecule has 2 aliphatic rings. The van der Waals surface area contributed by atoms with Crippen LogP contribution in [0.25, 0.3) is 10.9 Å². The van der Waals surface area contributed by atoms with Crippen molar-refractivity contribution in [2.45, 2.75) is 25.0 Å². The molecule has 0 aliphatic carbocycles. The maximum atomic E-state index is 12.1. The number of nitrogens with zero attached hydrogens (tertiary/aromatic N) is 4. The summed E-state index contributed by atoms with van der Waals surface area (Å²) >= 11 is 0. The second-order valence-corrected chi connectivity index (χ2v) is 6.20. The van der Waals surface area contributed by atoms with Gasteiger partial charge < -0.3 is 14.5 Å². The van der Waals surface area contributed by atoms with E-state index in [0.717, 1.165) is 42.7 Å². The number of para-hydroxylation sites is 1. The van der Waals surface area contributed by atoms with Crippen LogP contribution in [0.2, 0.25) is 0 Å². The first-order valence-corrected chi connectivity index (χ1v) is 8.07. The molecule has 0 saturated carbocycles. The molecular weight excluding hydrogens is 292 g/mol. The smallest absolute Gasteiger partial charge is 0.254 e. The molecule has 6 heteroatoms. The summed E-state index contributed by atoms with van der Waals surface area (Å²) in [5, 5.41) is 1.09. The first-order valence-electron chi connectivity index (χ1n) is 8.07. The Morgan fingerprint density at radius 1 is 1.26 bits per heavy atom. The van der Waals surface area contributed by atoms with Crippen molar-refractivity contribution in [3.05, 3.63) is 30.6 Å². The number of likely N-dealkylation sites (N-methyl/N-ethyl adjacent to an activating group) is 1. The highest BCUT2D eigenvalue weighted by Crippen LogP contribution is 2.27. The Kier molecular flexibility index (Phi) is 3.61. The van der Waals surface area contributed by atoms with Crippen LogP contribution >= 0.6 is 0 Å². The average molecular weight is 312 g/mol. The monoisotopic (exact) mass is 312 g/mol. The Labute approximate surface area is 135 Å². The molecule has 0 radical (unpaired) electrons. The van der Waals surface area contributed by atoms with Crippen molar-refractivity contribution in [1.82, 2.24) is 14.9 Å². The van der Waals surface area contributed by atoms with Gasteiger partial charge in [0.2, 0.25) is 0 Å². The first kappa shape index (κ1) is 14.4. The second kappa shape index (κ2) is 5.77. The predicted molar refractivity (Wildman–Crippen MR) is 87.3 cm³/mol. The molecule has 6 nitrogen and oxygen atoms in total. The van der Waals surface area contributed by atoms with E-state index in [-0.39, 0.29) is 18.1 Å². The summed E-state index contributed by atoms with van der Waals surface area (Å²) in [6.07, 6.45) is 3.34. The number of hydrogen-bond donors (Lipinski definition) is 0. The lowest BCUT2D eigenvalue weighted by Gasteiger charge is -2.37. The number of ether oxygens (including phenoxy) is 1. The lowest BCUT2D eigenvalue weighted by molar-refractivity contribution is -0.133. The van der Waals surface area contributed by atoms with E-state index in [2.05, 4.69) is 20.9 Å². The highest BCUT2D eigenvalue weighted by atomic mass is 16.6. The molecule has 2 fully saturated rings. The van der Waals surface area contributed by atoms with Crippen LogP contribution in [0.1, 0.15) is 12.8 Å². The van der Waals surface area contributed by atoms with Gasteiger partial charge in [-0.25, -0.2) is 9.97 Å². The van der Waals surface area contributed by atoms with Crippen molar-refractivity contribution in [1.29, 1.82) is 0 Å². The lowest BCUT2D eigenvalue weighted by atomic mass is 10.0. The average Bonchev–Trinajstić information content (AvgIpc) is 3.45. The Morgan fingerprint density at radius 3 is 2.74 bits per heavy atom. The maximum absolute atomic E-state index is 12.1.